The molecular formula is C19H23ClN2O. The molecule has 1 saturated heterocycles. The summed E-state index contributed by atoms with van der Waals surface area (Å²) in [7, 11) is 0. The van der Waals surface area contributed by atoms with Gasteiger partial charge in [0, 0.05) is 36.4 Å². The van der Waals surface area contributed by atoms with Crippen molar-refractivity contribution in [1.82, 2.24) is 9.88 Å². The van der Waals surface area contributed by atoms with Gasteiger partial charge >= 0.3 is 0 Å². The van der Waals surface area contributed by atoms with Crippen LogP contribution >= 0.6 is 11.6 Å². The smallest absolute Gasteiger partial charge is 0.159 e. The van der Waals surface area contributed by atoms with Gasteiger partial charge in [-0.05, 0) is 68.2 Å². The molecule has 0 spiro atoms. The molecule has 1 aromatic heterocycles. The second kappa shape index (κ2) is 5.94. The van der Waals surface area contributed by atoms with Gasteiger partial charge < -0.3 is 4.90 Å². The van der Waals surface area contributed by atoms with Crippen LogP contribution in [0.25, 0.3) is 0 Å². The van der Waals surface area contributed by atoms with Crippen molar-refractivity contribution in [1.29, 1.82) is 0 Å². The highest BCUT2D eigenvalue weighted by atomic mass is 35.5. The number of rotatable bonds is 2. The minimum atomic E-state index is -0.0481. The number of carbonyl (C=O) groups is 1. The van der Waals surface area contributed by atoms with Crippen molar-refractivity contribution >= 4 is 17.4 Å². The third-order valence-corrected chi connectivity index (χ3v) is 6.37. The lowest BCUT2D eigenvalue weighted by Crippen LogP contribution is -2.61. The number of carbonyl (C=O) groups excluding carboxylic acids is 1. The Morgan fingerprint density at radius 1 is 1.26 bits per heavy atom. The van der Waals surface area contributed by atoms with Gasteiger partial charge in [-0.1, -0.05) is 0 Å². The van der Waals surface area contributed by atoms with Crippen molar-refractivity contribution in [2.45, 2.75) is 61.9 Å². The number of ketones is 1. The Morgan fingerprint density at radius 2 is 2.09 bits per heavy atom. The first-order chi connectivity index (χ1) is 11.2. The standard InChI is InChI=1S/C19H23ClN2O/c20-16-1-2-18-15(11-16)3-7-19(12-14-4-8-21-9-5-14)13-17(23)6-10-22(18)19/h4-6,8-10,15-16,18H,1-3,7,11-13H2. The second-order valence-corrected chi connectivity index (χ2v) is 8.02. The van der Waals surface area contributed by atoms with Crippen LogP contribution in [-0.4, -0.2) is 32.6 Å². The monoisotopic (exact) mass is 330 g/mol. The molecule has 4 unspecified atom stereocenters. The predicted molar refractivity (Wildman–Crippen MR) is 91.3 cm³/mol. The summed E-state index contributed by atoms with van der Waals surface area (Å²) in [4.78, 5) is 18.8. The van der Waals surface area contributed by atoms with E-state index in [1.807, 2.05) is 12.4 Å². The van der Waals surface area contributed by atoms with Crippen molar-refractivity contribution in [2.24, 2.45) is 5.92 Å². The van der Waals surface area contributed by atoms with Crippen molar-refractivity contribution in [2.75, 3.05) is 0 Å². The lowest BCUT2D eigenvalue weighted by molar-refractivity contribution is -0.121. The van der Waals surface area contributed by atoms with Crippen molar-refractivity contribution in [3.05, 3.63) is 42.4 Å². The van der Waals surface area contributed by atoms with Crippen LogP contribution in [0.5, 0.6) is 0 Å². The van der Waals surface area contributed by atoms with Gasteiger partial charge in [-0.3, -0.25) is 9.78 Å². The first-order valence-corrected chi connectivity index (χ1v) is 9.12. The van der Waals surface area contributed by atoms with Gasteiger partial charge in [-0.25, -0.2) is 0 Å². The van der Waals surface area contributed by atoms with Crippen molar-refractivity contribution in [3.8, 4) is 0 Å². The summed E-state index contributed by atoms with van der Waals surface area (Å²) >= 11 is 6.40. The minimum Gasteiger partial charge on any atom is -0.368 e. The van der Waals surface area contributed by atoms with Gasteiger partial charge in [-0.15, -0.1) is 11.6 Å². The second-order valence-electron chi connectivity index (χ2n) is 7.40. The van der Waals surface area contributed by atoms with Crippen molar-refractivity contribution in [3.63, 3.8) is 0 Å². The number of aromatic nitrogens is 1. The SMILES string of the molecule is O=C1C=CN2C3CCC(Cl)CC3CCC2(Cc2ccncc2)C1. The third kappa shape index (κ3) is 2.80. The average Bonchev–Trinajstić information content (AvgIpc) is 2.55. The van der Waals surface area contributed by atoms with Crippen LogP contribution in [0.1, 0.15) is 44.1 Å². The van der Waals surface area contributed by atoms with E-state index in [-0.39, 0.29) is 11.3 Å². The highest BCUT2D eigenvalue weighted by Crippen LogP contribution is 2.47. The Hall–Kier alpha value is -1.35. The predicted octanol–water partition coefficient (Wildman–Crippen LogP) is 3.72. The molecule has 4 atom stereocenters. The van der Waals surface area contributed by atoms with E-state index >= 15 is 0 Å². The molecule has 4 heteroatoms. The molecule has 1 aliphatic carbocycles. The zero-order valence-electron chi connectivity index (χ0n) is 13.3. The number of halogens is 1. The lowest BCUT2D eigenvalue weighted by atomic mass is 9.67. The van der Waals surface area contributed by atoms with Gasteiger partial charge in [0.2, 0.25) is 0 Å². The number of piperidine rings is 1. The van der Waals surface area contributed by atoms with Gasteiger partial charge in [0.05, 0.1) is 5.54 Å². The molecule has 4 rings (SSSR count). The molecule has 2 fully saturated rings. The largest absolute Gasteiger partial charge is 0.368 e. The van der Waals surface area contributed by atoms with E-state index < -0.39 is 0 Å². The molecule has 23 heavy (non-hydrogen) atoms. The van der Waals surface area contributed by atoms with Gasteiger partial charge in [0.25, 0.3) is 0 Å². The van der Waals surface area contributed by atoms with E-state index in [2.05, 4.69) is 28.2 Å². The van der Waals surface area contributed by atoms with Crippen LogP contribution in [0.15, 0.2) is 36.8 Å². The van der Waals surface area contributed by atoms with Gasteiger partial charge in [0.15, 0.2) is 5.78 Å². The molecule has 0 radical (unpaired) electrons. The molecule has 3 aliphatic rings. The molecule has 2 aliphatic heterocycles. The first-order valence-electron chi connectivity index (χ1n) is 8.69. The fraction of sp³-hybridized carbons (Fsp3) is 0.579. The van der Waals surface area contributed by atoms with E-state index in [9.17, 15) is 4.79 Å². The Balaban J connectivity index is 1.66. The third-order valence-electron chi connectivity index (χ3n) is 5.97. The van der Waals surface area contributed by atoms with Crippen LogP contribution in [0.3, 0.4) is 0 Å². The van der Waals surface area contributed by atoms with E-state index in [1.165, 1.54) is 12.0 Å². The molecule has 0 amide bonds. The number of fused-ring (bicyclic) bond motifs is 3. The number of allylic oxidation sites excluding steroid dienone is 1. The maximum Gasteiger partial charge on any atom is 0.159 e. The molecular weight excluding hydrogens is 308 g/mol. The Morgan fingerprint density at radius 3 is 2.91 bits per heavy atom. The fourth-order valence-corrected chi connectivity index (χ4v) is 5.27. The molecule has 3 nitrogen and oxygen atoms in total. The summed E-state index contributed by atoms with van der Waals surface area (Å²) in [6.45, 7) is 0. The average molecular weight is 331 g/mol. The number of nitrogens with zero attached hydrogens (tertiary/aromatic N) is 2. The van der Waals surface area contributed by atoms with Gasteiger partial charge in [0.1, 0.15) is 0 Å². The summed E-state index contributed by atoms with van der Waals surface area (Å²) in [5, 5.41) is 0.333. The summed E-state index contributed by atoms with van der Waals surface area (Å²) < 4.78 is 0. The summed E-state index contributed by atoms with van der Waals surface area (Å²) in [6, 6.07) is 4.71. The number of alkyl halides is 1. The number of hydrogen-bond donors (Lipinski definition) is 0. The lowest BCUT2D eigenvalue weighted by Gasteiger charge is -2.57. The summed E-state index contributed by atoms with van der Waals surface area (Å²) in [5.41, 5.74) is 1.23. The maximum atomic E-state index is 12.2. The molecule has 0 bridgehead atoms. The van der Waals surface area contributed by atoms with E-state index in [1.54, 1.807) is 6.08 Å². The van der Waals surface area contributed by atoms with Crippen LogP contribution in [-0.2, 0) is 11.2 Å². The minimum absolute atomic E-state index is 0.0481. The molecule has 1 saturated carbocycles. The zero-order chi connectivity index (χ0) is 15.9. The van der Waals surface area contributed by atoms with Crippen molar-refractivity contribution < 1.29 is 4.79 Å². The number of pyridine rings is 1. The van der Waals surface area contributed by atoms with E-state index in [0.717, 1.165) is 32.1 Å². The van der Waals surface area contributed by atoms with Crippen LogP contribution < -0.4 is 0 Å². The molecule has 0 aromatic carbocycles. The topological polar surface area (TPSA) is 33.2 Å². The number of hydrogen-bond acceptors (Lipinski definition) is 3. The van der Waals surface area contributed by atoms with Gasteiger partial charge in [-0.2, -0.15) is 0 Å². The molecule has 0 N–H and O–H groups in total. The Labute approximate surface area is 142 Å². The van der Waals surface area contributed by atoms with Crippen LogP contribution in [0, 0.1) is 5.92 Å². The quantitative estimate of drug-likeness (QED) is 0.775. The first kappa shape index (κ1) is 15.2. The Bertz CT molecular complexity index is 617. The highest BCUT2D eigenvalue weighted by molar-refractivity contribution is 6.20. The van der Waals surface area contributed by atoms with E-state index in [4.69, 9.17) is 11.6 Å². The van der Waals surface area contributed by atoms with Crippen LogP contribution in [0.4, 0.5) is 0 Å². The maximum absolute atomic E-state index is 12.2. The Kier molecular flexibility index (Phi) is 3.92. The molecule has 3 heterocycles. The summed E-state index contributed by atoms with van der Waals surface area (Å²) in [6.07, 6.45) is 14.8. The molecule has 122 valence electrons. The summed E-state index contributed by atoms with van der Waals surface area (Å²) in [5.74, 6) is 0.939. The zero-order valence-corrected chi connectivity index (χ0v) is 14.1. The highest BCUT2D eigenvalue weighted by Gasteiger charge is 2.49. The normalized spacial score (nSPS) is 36.5. The van der Waals surface area contributed by atoms with Crippen LogP contribution in [0.2, 0.25) is 0 Å². The fourth-order valence-electron chi connectivity index (χ4n) is 4.92. The molecule has 1 aromatic rings. The van der Waals surface area contributed by atoms with E-state index in [0.29, 0.717) is 23.8 Å².